The van der Waals surface area contributed by atoms with Gasteiger partial charge in [0, 0.05) is 6.07 Å². The van der Waals surface area contributed by atoms with Gasteiger partial charge in [0.05, 0.1) is 12.0 Å². The minimum Gasteiger partial charge on any atom is -0.496 e. The summed E-state index contributed by atoms with van der Waals surface area (Å²) in [4.78, 5) is 7.62. The van der Waals surface area contributed by atoms with Crippen LogP contribution in [0.4, 0.5) is 19.1 Å². The summed E-state index contributed by atoms with van der Waals surface area (Å²) in [6.45, 7) is 0. The van der Waals surface area contributed by atoms with Crippen molar-refractivity contribution in [1.82, 2.24) is 9.97 Å². The third-order valence-corrected chi connectivity index (χ3v) is 3.27. The number of rotatable bonds is 3. The minimum absolute atomic E-state index is 0.106. The third-order valence-electron chi connectivity index (χ3n) is 2.29. The summed E-state index contributed by atoms with van der Waals surface area (Å²) < 4.78 is 43.1. The molecule has 1 aromatic carbocycles. The van der Waals surface area contributed by atoms with Crippen LogP contribution in [0.3, 0.4) is 0 Å². The van der Waals surface area contributed by atoms with E-state index in [1.807, 2.05) is 0 Å². The van der Waals surface area contributed by atoms with Gasteiger partial charge in [-0.3, -0.25) is 0 Å². The van der Waals surface area contributed by atoms with Crippen molar-refractivity contribution in [2.75, 3.05) is 12.8 Å². The van der Waals surface area contributed by atoms with Gasteiger partial charge < -0.3 is 10.5 Å². The predicted octanol–water partition coefficient (Wildman–Crippen LogP) is 3.24. The molecule has 0 bridgehead atoms. The highest BCUT2D eigenvalue weighted by molar-refractivity contribution is 7.99. The van der Waals surface area contributed by atoms with Crippen LogP contribution in [0, 0.1) is 0 Å². The normalized spacial score (nSPS) is 11.4. The number of anilines is 1. The Morgan fingerprint density at radius 2 is 1.90 bits per heavy atom. The maximum Gasteiger partial charge on any atom is 0.433 e. The molecule has 1 heterocycles. The number of alkyl halides is 3. The number of methoxy groups -OCH3 is 1. The van der Waals surface area contributed by atoms with Crippen molar-refractivity contribution in [2.24, 2.45) is 0 Å². The van der Waals surface area contributed by atoms with Gasteiger partial charge in [0.2, 0.25) is 5.95 Å². The van der Waals surface area contributed by atoms with Crippen molar-refractivity contribution in [3.8, 4) is 5.75 Å². The van der Waals surface area contributed by atoms with E-state index in [1.165, 1.54) is 7.11 Å². The average Bonchev–Trinajstić information content (AvgIpc) is 2.37. The van der Waals surface area contributed by atoms with Crippen molar-refractivity contribution in [1.29, 1.82) is 0 Å². The fourth-order valence-corrected chi connectivity index (χ4v) is 2.39. The molecule has 0 aliphatic heterocycles. The summed E-state index contributed by atoms with van der Waals surface area (Å²) in [5.74, 6) is 0.125. The Hall–Kier alpha value is -1.96. The number of hydrogen-bond donors (Lipinski definition) is 1. The maximum absolute atomic E-state index is 12.7. The van der Waals surface area contributed by atoms with Crippen LogP contribution in [-0.4, -0.2) is 17.1 Å². The van der Waals surface area contributed by atoms with Crippen LogP contribution in [0.25, 0.3) is 0 Å². The van der Waals surface area contributed by atoms with Crippen molar-refractivity contribution < 1.29 is 17.9 Å². The predicted molar refractivity (Wildman–Crippen MR) is 68.6 cm³/mol. The number of nitrogens with zero attached hydrogens (tertiary/aromatic N) is 2. The zero-order valence-electron chi connectivity index (χ0n) is 10.3. The minimum atomic E-state index is -4.56. The first-order valence-corrected chi connectivity index (χ1v) is 6.24. The highest BCUT2D eigenvalue weighted by atomic mass is 32.2. The molecule has 106 valence electrons. The molecule has 0 amide bonds. The fraction of sp³-hybridized carbons (Fsp3) is 0.167. The van der Waals surface area contributed by atoms with Crippen LogP contribution in [0.1, 0.15) is 5.69 Å². The van der Waals surface area contributed by atoms with Crippen molar-refractivity contribution >= 4 is 17.7 Å². The fourth-order valence-electron chi connectivity index (χ4n) is 1.46. The second-order valence-corrected chi connectivity index (χ2v) is 4.76. The standard InChI is InChI=1S/C12H10F3N3OS/c1-19-7-4-2-3-5-8(7)20-10-6-9(12(13,14)15)17-11(16)18-10/h2-6H,1H3,(H2,16,17,18). The SMILES string of the molecule is COc1ccccc1Sc1cc(C(F)(F)F)nc(N)n1. The van der Waals surface area contributed by atoms with Gasteiger partial charge in [-0.05, 0) is 12.1 Å². The van der Waals surface area contributed by atoms with E-state index < -0.39 is 17.8 Å². The molecule has 0 aliphatic carbocycles. The molecule has 0 atom stereocenters. The van der Waals surface area contributed by atoms with Crippen LogP contribution >= 0.6 is 11.8 Å². The molecular formula is C12H10F3N3OS. The summed E-state index contributed by atoms with van der Waals surface area (Å²) in [5, 5.41) is 0.106. The van der Waals surface area contributed by atoms with E-state index in [0.717, 1.165) is 17.8 Å². The van der Waals surface area contributed by atoms with Gasteiger partial charge in [0.15, 0.2) is 5.69 Å². The molecule has 4 nitrogen and oxygen atoms in total. The van der Waals surface area contributed by atoms with Gasteiger partial charge >= 0.3 is 6.18 Å². The largest absolute Gasteiger partial charge is 0.496 e. The quantitative estimate of drug-likeness (QED) is 0.882. The smallest absolute Gasteiger partial charge is 0.433 e. The van der Waals surface area contributed by atoms with Crippen molar-refractivity contribution in [2.45, 2.75) is 16.1 Å². The summed E-state index contributed by atoms with van der Waals surface area (Å²) in [6.07, 6.45) is -4.56. The molecule has 20 heavy (non-hydrogen) atoms. The lowest BCUT2D eigenvalue weighted by Crippen LogP contribution is -2.11. The maximum atomic E-state index is 12.7. The zero-order valence-corrected chi connectivity index (χ0v) is 11.1. The third kappa shape index (κ3) is 3.32. The number of para-hydroxylation sites is 1. The van der Waals surface area contributed by atoms with Crippen molar-refractivity contribution in [3.63, 3.8) is 0 Å². The summed E-state index contributed by atoms with van der Waals surface area (Å²) >= 11 is 1.03. The van der Waals surface area contributed by atoms with E-state index in [4.69, 9.17) is 10.5 Å². The van der Waals surface area contributed by atoms with Crippen LogP contribution in [0.5, 0.6) is 5.75 Å². The lowest BCUT2D eigenvalue weighted by molar-refractivity contribution is -0.141. The van der Waals surface area contributed by atoms with E-state index in [0.29, 0.717) is 10.6 Å². The number of ether oxygens (including phenoxy) is 1. The molecule has 0 radical (unpaired) electrons. The lowest BCUT2D eigenvalue weighted by atomic mass is 10.3. The Balaban J connectivity index is 2.36. The molecule has 0 spiro atoms. The second-order valence-electron chi connectivity index (χ2n) is 3.70. The monoisotopic (exact) mass is 301 g/mol. The number of nitrogens with two attached hydrogens (primary N) is 1. The van der Waals surface area contributed by atoms with E-state index >= 15 is 0 Å². The van der Waals surface area contributed by atoms with Gasteiger partial charge in [-0.25, -0.2) is 9.97 Å². The van der Waals surface area contributed by atoms with Gasteiger partial charge in [-0.1, -0.05) is 23.9 Å². The number of nitrogen functional groups attached to an aromatic ring is 1. The Bertz CT molecular complexity index is 619. The van der Waals surface area contributed by atoms with E-state index in [2.05, 4.69) is 9.97 Å². The Kier molecular flexibility index (Phi) is 4.03. The van der Waals surface area contributed by atoms with Gasteiger partial charge in [0.1, 0.15) is 10.8 Å². The van der Waals surface area contributed by atoms with E-state index in [9.17, 15) is 13.2 Å². The molecule has 0 saturated carbocycles. The van der Waals surface area contributed by atoms with Gasteiger partial charge in [0.25, 0.3) is 0 Å². The van der Waals surface area contributed by atoms with E-state index in [-0.39, 0.29) is 5.03 Å². The first kappa shape index (κ1) is 14.4. The molecular weight excluding hydrogens is 291 g/mol. The number of hydrogen-bond acceptors (Lipinski definition) is 5. The number of halogens is 3. The summed E-state index contributed by atoms with van der Waals surface area (Å²) in [7, 11) is 1.48. The Labute approximate surface area is 117 Å². The van der Waals surface area contributed by atoms with Crippen LogP contribution in [-0.2, 0) is 6.18 Å². The Morgan fingerprint density at radius 1 is 1.20 bits per heavy atom. The van der Waals surface area contributed by atoms with Crippen LogP contribution in [0.2, 0.25) is 0 Å². The molecule has 0 fully saturated rings. The number of aromatic nitrogens is 2. The molecule has 2 N–H and O–H groups in total. The van der Waals surface area contributed by atoms with Gasteiger partial charge in [-0.2, -0.15) is 13.2 Å². The first-order valence-electron chi connectivity index (χ1n) is 5.43. The van der Waals surface area contributed by atoms with Crippen LogP contribution in [0.15, 0.2) is 40.3 Å². The summed E-state index contributed by atoms with van der Waals surface area (Å²) in [5.41, 5.74) is 4.25. The second kappa shape index (κ2) is 5.58. The topological polar surface area (TPSA) is 61.0 Å². The Morgan fingerprint density at radius 3 is 2.55 bits per heavy atom. The zero-order chi connectivity index (χ0) is 14.8. The first-order chi connectivity index (χ1) is 9.40. The molecule has 2 aromatic rings. The summed E-state index contributed by atoms with van der Waals surface area (Å²) in [6, 6.07) is 7.79. The van der Waals surface area contributed by atoms with Crippen molar-refractivity contribution in [3.05, 3.63) is 36.0 Å². The van der Waals surface area contributed by atoms with Crippen LogP contribution < -0.4 is 10.5 Å². The molecule has 0 aliphatic rings. The molecule has 1 aromatic heterocycles. The molecule has 0 saturated heterocycles. The highest BCUT2D eigenvalue weighted by Crippen LogP contribution is 2.36. The molecule has 0 unspecified atom stereocenters. The molecule has 8 heteroatoms. The highest BCUT2D eigenvalue weighted by Gasteiger charge is 2.33. The lowest BCUT2D eigenvalue weighted by Gasteiger charge is -2.10. The van der Waals surface area contributed by atoms with Gasteiger partial charge in [-0.15, -0.1) is 0 Å². The molecule has 2 rings (SSSR count). The number of benzene rings is 1. The average molecular weight is 301 g/mol. The van der Waals surface area contributed by atoms with E-state index in [1.54, 1.807) is 24.3 Å².